The first-order valence-electron chi connectivity index (χ1n) is 23.4. The number of methoxy groups -OCH3 is 1. The average molecular weight is 897 g/mol. The van der Waals surface area contributed by atoms with E-state index in [9.17, 15) is 4.79 Å². The minimum absolute atomic E-state index is 0.108. The van der Waals surface area contributed by atoms with E-state index in [0.29, 0.717) is 37.2 Å². The van der Waals surface area contributed by atoms with Crippen molar-refractivity contribution in [2.24, 2.45) is 11.3 Å². The first-order chi connectivity index (χ1) is 30.4. The van der Waals surface area contributed by atoms with E-state index in [4.69, 9.17) is 23.1 Å². The molecule has 2 aliphatic carbocycles. The van der Waals surface area contributed by atoms with Crippen molar-refractivity contribution in [2.45, 2.75) is 135 Å². The number of Topliss-reactive ketones (excluding diaryl/α,β-unsaturated/α-hetero) is 1. The summed E-state index contributed by atoms with van der Waals surface area (Å²) in [5.41, 5.74) is 0.545. The monoisotopic (exact) mass is 896 g/mol. The fraction of sp³-hybridized carbons (Fsp3) is 0.455. The van der Waals surface area contributed by atoms with Gasteiger partial charge in [-0.25, -0.2) is 0 Å². The number of fused-ring (bicyclic) bond motifs is 1. The molecule has 2 aliphatic heterocycles. The highest BCUT2D eigenvalue weighted by molar-refractivity contribution is 7.00. The minimum Gasteiger partial charge on any atom is -0.493 e. The van der Waals surface area contributed by atoms with Gasteiger partial charge in [-0.05, 0) is 74.4 Å². The predicted molar refractivity (Wildman–Crippen MR) is 260 cm³/mol. The lowest BCUT2D eigenvalue weighted by molar-refractivity contribution is -0.156. The largest absolute Gasteiger partial charge is 0.493 e. The summed E-state index contributed by atoms with van der Waals surface area (Å²) in [5.74, 6) is 0.0684. The van der Waals surface area contributed by atoms with Crippen LogP contribution < -0.4 is 20.7 Å². The number of rotatable bonds is 13. The quantitative estimate of drug-likeness (QED) is 0.0752. The third-order valence-corrected chi connectivity index (χ3v) is 24.9. The predicted octanol–water partition coefficient (Wildman–Crippen LogP) is 9.37. The third-order valence-electron chi connectivity index (χ3n) is 14.8. The van der Waals surface area contributed by atoms with Gasteiger partial charge in [-0.1, -0.05) is 177 Å². The van der Waals surface area contributed by atoms with Gasteiger partial charge < -0.3 is 23.1 Å². The molecule has 0 amide bonds. The number of hydrogen-bond acceptors (Lipinski definition) is 7. The van der Waals surface area contributed by atoms with Crippen LogP contribution in [0.5, 0.6) is 0 Å². The number of carbonyl (C=O) groups excluding carboxylic acids is 2. The van der Waals surface area contributed by atoms with Gasteiger partial charge in [-0.15, -0.1) is 0 Å². The summed E-state index contributed by atoms with van der Waals surface area (Å²) in [5, 5.41) is 4.54. The number of esters is 1. The number of ketones is 1. The van der Waals surface area contributed by atoms with E-state index in [-0.39, 0.29) is 27.9 Å². The maximum atomic E-state index is 15.1. The van der Waals surface area contributed by atoms with Crippen molar-refractivity contribution < 1.29 is 32.7 Å². The molecule has 9 heteroatoms. The Morgan fingerprint density at radius 2 is 1.23 bits per heavy atom. The number of benzene rings is 4. The molecule has 0 saturated carbocycles. The lowest BCUT2D eigenvalue weighted by atomic mass is 9.64. The SMILES string of the molecule is COC1=C2C(C)(C)[C@H]3O[C@@]2(C[C@@H]3O[Si](c2ccccc2)(c2ccccc2)C(C)(C)C)[C@@H](OC(C)=O)C2=C(CC(CCCO[Si](c3ccccc3)(c3ccccc3)C(C)(C)C)CC2)C1=O. The highest BCUT2D eigenvalue weighted by Crippen LogP contribution is 2.64. The summed E-state index contributed by atoms with van der Waals surface area (Å²) in [4.78, 5) is 28.4. The van der Waals surface area contributed by atoms with E-state index in [2.05, 4.69) is 177 Å². The van der Waals surface area contributed by atoms with Gasteiger partial charge in [-0.2, -0.15) is 0 Å². The molecular weight excluding hydrogens is 829 g/mol. The second kappa shape index (κ2) is 17.4. The van der Waals surface area contributed by atoms with Gasteiger partial charge >= 0.3 is 5.97 Å². The lowest BCUT2D eigenvalue weighted by Gasteiger charge is -2.48. The molecule has 2 saturated heterocycles. The van der Waals surface area contributed by atoms with E-state index in [1.165, 1.54) is 27.7 Å². The first-order valence-corrected chi connectivity index (χ1v) is 27.2. The van der Waals surface area contributed by atoms with Crippen LogP contribution in [0.25, 0.3) is 0 Å². The van der Waals surface area contributed by atoms with Gasteiger partial charge in [0, 0.05) is 36.5 Å². The van der Waals surface area contributed by atoms with E-state index in [1.54, 1.807) is 7.11 Å². The number of ether oxygens (including phenoxy) is 3. The molecule has 0 radical (unpaired) electrons. The highest BCUT2D eigenvalue weighted by atomic mass is 28.4. The second-order valence-corrected chi connectivity index (χ2v) is 29.7. The van der Waals surface area contributed by atoms with Gasteiger partial charge in [0.1, 0.15) is 5.60 Å². The zero-order valence-corrected chi connectivity index (χ0v) is 41.7. The van der Waals surface area contributed by atoms with Crippen LogP contribution in [0, 0.1) is 11.3 Å². The van der Waals surface area contributed by atoms with Crippen molar-refractivity contribution in [3.63, 3.8) is 0 Å². The summed E-state index contributed by atoms with van der Waals surface area (Å²) < 4.78 is 35.2. The average Bonchev–Trinajstić information content (AvgIpc) is 3.74. The Bertz CT molecular complexity index is 2300. The van der Waals surface area contributed by atoms with Crippen molar-refractivity contribution in [3.8, 4) is 0 Å². The Morgan fingerprint density at radius 3 is 1.69 bits per heavy atom. The maximum absolute atomic E-state index is 15.1. The molecule has 64 heavy (non-hydrogen) atoms. The van der Waals surface area contributed by atoms with Gasteiger partial charge in [0.05, 0.1) is 19.3 Å². The van der Waals surface area contributed by atoms with Gasteiger partial charge in [-0.3, -0.25) is 9.59 Å². The molecule has 0 aromatic heterocycles. The molecule has 0 N–H and O–H groups in total. The van der Waals surface area contributed by atoms with Gasteiger partial charge in [0.15, 0.2) is 11.9 Å². The van der Waals surface area contributed by atoms with Crippen LogP contribution in [0.4, 0.5) is 0 Å². The van der Waals surface area contributed by atoms with Crippen molar-refractivity contribution >= 4 is 49.1 Å². The molecule has 4 aromatic rings. The molecule has 2 fully saturated rings. The van der Waals surface area contributed by atoms with E-state index < -0.39 is 45.8 Å². The van der Waals surface area contributed by atoms with E-state index in [0.717, 1.165) is 30.4 Å². The highest BCUT2D eigenvalue weighted by Gasteiger charge is 2.72. The van der Waals surface area contributed by atoms with Crippen LogP contribution in [-0.4, -0.2) is 66.0 Å². The van der Waals surface area contributed by atoms with Crippen molar-refractivity contribution in [1.29, 1.82) is 0 Å². The topological polar surface area (TPSA) is 80.3 Å². The first kappa shape index (κ1) is 46.2. The number of allylic oxidation sites excluding steroid dienone is 1. The Labute approximate surface area is 383 Å². The number of carbonyl (C=O) groups is 2. The Morgan fingerprint density at radius 1 is 0.750 bits per heavy atom. The molecule has 8 rings (SSSR count). The van der Waals surface area contributed by atoms with Crippen LogP contribution in [0.1, 0.15) is 101 Å². The third kappa shape index (κ3) is 7.63. The van der Waals surface area contributed by atoms with Crippen molar-refractivity contribution in [2.75, 3.05) is 13.7 Å². The van der Waals surface area contributed by atoms with Crippen molar-refractivity contribution in [1.82, 2.24) is 0 Å². The normalized spacial score (nSPS) is 24.6. The summed E-state index contributed by atoms with van der Waals surface area (Å²) in [6, 6.07) is 42.9. The fourth-order valence-electron chi connectivity index (χ4n) is 12.2. The molecule has 4 aromatic carbocycles. The van der Waals surface area contributed by atoms with Crippen LogP contribution in [0.2, 0.25) is 10.1 Å². The van der Waals surface area contributed by atoms with Crippen LogP contribution in [-0.2, 0) is 32.7 Å². The van der Waals surface area contributed by atoms with E-state index >= 15 is 4.79 Å². The molecule has 338 valence electrons. The standard InChI is InChI=1S/C55H68O7Si2/c1-38(56)60-50-44-34-33-39(24-23-35-59-63(52(2,3)4,40-25-15-11-16-26-40)41-27-17-12-18-28-41)36-45(44)47(57)48(58-10)49-54(8,9)51-46(37-55(49,50)61-51)62-64(53(5,6)7,42-29-19-13-20-30-42)43-31-21-14-22-32-43/h11-22,25-32,39,46,50-51H,23-24,33-37H2,1-10H3/t39?,46-,50-,51-,55+/m0/s1. The number of hydrogen-bond donors (Lipinski definition) is 0. The molecule has 2 bridgehead atoms. The summed E-state index contributed by atoms with van der Waals surface area (Å²) in [7, 11) is -4.11. The summed E-state index contributed by atoms with van der Waals surface area (Å²) >= 11 is 0. The second-order valence-electron chi connectivity index (χ2n) is 21.2. The van der Waals surface area contributed by atoms with Crippen LogP contribution in [0.15, 0.2) is 144 Å². The molecule has 7 nitrogen and oxygen atoms in total. The Hall–Kier alpha value is -4.39. The fourth-order valence-corrected chi connectivity index (χ4v) is 21.5. The Balaban J connectivity index is 1.12. The molecule has 5 atom stereocenters. The smallest absolute Gasteiger partial charge is 0.303 e. The molecule has 4 aliphatic rings. The van der Waals surface area contributed by atoms with E-state index in [1.807, 2.05) is 0 Å². The molecule has 2 heterocycles. The van der Waals surface area contributed by atoms with Gasteiger partial charge in [0.25, 0.3) is 16.6 Å². The minimum atomic E-state index is -3.02. The van der Waals surface area contributed by atoms with Crippen LogP contribution >= 0.6 is 0 Å². The lowest BCUT2D eigenvalue weighted by Crippen LogP contribution is -2.69. The van der Waals surface area contributed by atoms with Gasteiger partial charge in [0.2, 0.25) is 5.78 Å². The molecule has 1 unspecified atom stereocenters. The maximum Gasteiger partial charge on any atom is 0.303 e. The summed E-state index contributed by atoms with van der Waals surface area (Å²) in [6.45, 7) is 20.2. The zero-order valence-electron chi connectivity index (χ0n) is 39.7. The zero-order chi connectivity index (χ0) is 45.7. The Kier molecular flexibility index (Phi) is 12.6. The van der Waals surface area contributed by atoms with Crippen molar-refractivity contribution in [3.05, 3.63) is 144 Å². The molecule has 1 spiro atoms. The summed E-state index contributed by atoms with van der Waals surface area (Å²) in [6.07, 6.45) is 2.70. The van der Waals surface area contributed by atoms with Crippen LogP contribution in [0.3, 0.4) is 0 Å². The molecular formula is C55H68O7Si2.